The standard InChI is InChI=1S/C19H20FN3OS/c20-16-5-3-15(4-6-16)19(24)7-9-23(10-8-19)13-14-12-21-22-18(14)17-2-1-11-25-17/h1-6,11-12,24H,7-10,13H2,(H,21,22). The molecule has 2 N–H and O–H groups in total. The zero-order valence-electron chi connectivity index (χ0n) is 13.8. The molecule has 0 atom stereocenters. The number of nitrogens with zero attached hydrogens (tertiary/aromatic N) is 2. The minimum Gasteiger partial charge on any atom is -0.385 e. The molecule has 1 aliphatic heterocycles. The van der Waals surface area contributed by atoms with Crippen molar-refractivity contribution in [1.82, 2.24) is 15.1 Å². The van der Waals surface area contributed by atoms with Crippen molar-refractivity contribution in [2.24, 2.45) is 0 Å². The van der Waals surface area contributed by atoms with E-state index in [1.165, 1.54) is 22.6 Å². The first-order valence-corrected chi connectivity index (χ1v) is 9.29. The molecule has 0 spiro atoms. The van der Waals surface area contributed by atoms with Gasteiger partial charge >= 0.3 is 0 Å². The van der Waals surface area contributed by atoms with Gasteiger partial charge in [0.05, 0.1) is 22.4 Å². The summed E-state index contributed by atoms with van der Waals surface area (Å²) in [6.45, 7) is 2.40. The van der Waals surface area contributed by atoms with Crippen LogP contribution in [-0.2, 0) is 12.1 Å². The normalized spacial score (nSPS) is 17.7. The van der Waals surface area contributed by atoms with E-state index in [-0.39, 0.29) is 5.82 Å². The van der Waals surface area contributed by atoms with Crippen LogP contribution < -0.4 is 0 Å². The number of nitrogens with one attached hydrogen (secondary N) is 1. The third-order valence-electron chi connectivity index (χ3n) is 4.94. The summed E-state index contributed by atoms with van der Waals surface area (Å²) in [6.07, 6.45) is 3.17. The number of hydrogen-bond donors (Lipinski definition) is 2. The van der Waals surface area contributed by atoms with Gasteiger partial charge in [-0.3, -0.25) is 10.00 Å². The summed E-state index contributed by atoms with van der Waals surface area (Å²) in [5.74, 6) is -0.272. The van der Waals surface area contributed by atoms with Gasteiger partial charge in [-0.05, 0) is 42.0 Å². The summed E-state index contributed by atoms with van der Waals surface area (Å²) in [7, 11) is 0. The van der Waals surface area contributed by atoms with E-state index in [2.05, 4.69) is 26.5 Å². The second-order valence-electron chi connectivity index (χ2n) is 6.56. The lowest BCUT2D eigenvalue weighted by molar-refractivity contribution is -0.0277. The van der Waals surface area contributed by atoms with Crippen LogP contribution in [0.5, 0.6) is 0 Å². The van der Waals surface area contributed by atoms with Gasteiger partial charge in [-0.2, -0.15) is 5.10 Å². The van der Waals surface area contributed by atoms with E-state index in [9.17, 15) is 9.50 Å². The van der Waals surface area contributed by atoms with Gasteiger partial charge in [0.25, 0.3) is 0 Å². The Morgan fingerprint density at radius 1 is 1.20 bits per heavy atom. The van der Waals surface area contributed by atoms with Crippen molar-refractivity contribution in [1.29, 1.82) is 0 Å². The smallest absolute Gasteiger partial charge is 0.123 e. The molecule has 0 radical (unpaired) electrons. The van der Waals surface area contributed by atoms with Crippen LogP contribution in [0.15, 0.2) is 48.0 Å². The largest absolute Gasteiger partial charge is 0.385 e. The maximum atomic E-state index is 13.1. The molecular formula is C19H20FN3OS. The van der Waals surface area contributed by atoms with Crippen LogP contribution in [0.2, 0.25) is 0 Å². The van der Waals surface area contributed by atoms with Gasteiger partial charge in [0.15, 0.2) is 0 Å². The van der Waals surface area contributed by atoms with Gasteiger partial charge in [-0.25, -0.2) is 4.39 Å². The molecule has 3 aromatic rings. The van der Waals surface area contributed by atoms with Crippen LogP contribution in [-0.4, -0.2) is 33.3 Å². The Morgan fingerprint density at radius 2 is 1.96 bits per heavy atom. The molecule has 130 valence electrons. The van der Waals surface area contributed by atoms with Crippen molar-refractivity contribution in [2.75, 3.05) is 13.1 Å². The third-order valence-corrected chi connectivity index (χ3v) is 5.83. The number of H-pyrrole nitrogens is 1. The zero-order valence-corrected chi connectivity index (χ0v) is 14.6. The fourth-order valence-electron chi connectivity index (χ4n) is 3.44. The molecule has 25 heavy (non-hydrogen) atoms. The molecule has 0 aliphatic carbocycles. The SMILES string of the molecule is OC1(c2ccc(F)cc2)CCN(Cc2cn[nH]c2-c2cccs2)CC1. The molecule has 1 fully saturated rings. The maximum absolute atomic E-state index is 13.1. The predicted octanol–water partition coefficient (Wildman–Crippen LogP) is 3.76. The van der Waals surface area contributed by atoms with E-state index >= 15 is 0 Å². The lowest BCUT2D eigenvalue weighted by atomic mass is 9.84. The van der Waals surface area contributed by atoms with Crippen LogP contribution in [0.1, 0.15) is 24.0 Å². The Kier molecular flexibility index (Phi) is 4.41. The third kappa shape index (κ3) is 3.38. The van der Waals surface area contributed by atoms with Crippen LogP contribution in [0.4, 0.5) is 4.39 Å². The molecule has 1 aliphatic rings. The van der Waals surface area contributed by atoms with Gasteiger partial charge in [0.1, 0.15) is 5.82 Å². The van der Waals surface area contributed by atoms with Crippen LogP contribution in [0.3, 0.4) is 0 Å². The van der Waals surface area contributed by atoms with E-state index in [1.54, 1.807) is 23.5 Å². The van der Waals surface area contributed by atoms with E-state index in [4.69, 9.17) is 0 Å². The van der Waals surface area contributed by atoms with Crippen molar-refractivity contribution in [3.05, 3.63) is 64.9 Å². The summed E-state index contributed by atoms with van der Waals surface area (Å²) >= 11 is 1.69. The Hall–Kier alpha value is -2.02. The molecule has 1 saturated heterocycles. The number of benzene rings is 1. The van der Waals surface area contributed by atoms with Gasteiger partial charge in [0.2, 0.25) is 0 Å². The van der Waals surface area contributed by atoms with E-state index in [0.29, 0.717) is 12.8 Å². The fourth-order valence-corrected chi connectivity index (χ4v) is 4.19. The molecule has 1 aromatic carbocycles. The monoisotopic (exact) mass is 357 g/mol. The summed E-state index contributed by atoms with van der Waals surface area (Å²) in [4.78, 5) is 3.52. The number of aliphatic hydroxyl groups is 1. The van der Waals surface area contributed by atoms with Crippen LogP contribution in [0.25, 0.3) is 10.6 Å². The van der Waals surface area contributed by atoms with E-state index in [0.717, 1.165) is 30.9 Å². The Labute approximate surface area is 149 Å². The molecule has 2 aromatic heterocycles. The Bertz CT molecular complexity index is 821. The minimum absolute atomic E-state index is 0.272. The summed E-state index contributed by atoms with van der Waals surface area (Å²) in [6, 6.07) is 10.3. The van der Waals surface area contributed by atoms with Crippen molar-refractivity contribution in [3.63, 3.8) is 0 Å². The number of piperidine rings is 1. The number of hydrogen-bond acceptors (Lipinski definition) is 4. The van der Waals surface area contributed by atoms with Gasteiger partial charge in [-0.15, -0.1) is 11.3 Å². The number of halogens is 1. The van der Waals surface area contributed by atoms with Gasteiger partial charge in [0, 0.05) is 25.2 Å². The molecule has 0 saturated carbocycles. The van der Waals surface area contributed by atoms with Gasteiger partial charge in [-0.1, -0.05) is 18.2 Å². The number of thiophene rings is 1. The average molecular weight is 357 g/mol. The molecule has 4 nitrogen and oxygen atoms in total. The Morgan fingerprint density at radius 3 is 2.64 bits per heavy atom. The highest BCUT2D eigenvalue weighted by atomic mass is 32.1. The van der Waals surface area contributed by atoms with Crippen LogP contribution in [0, 0.1) is 5.82 Å². The summed E-state index contributed by atoms with van der Waals surface area (Å²) in [5.41, 5.74) is 2.19. The highest BCUT2D eigenvalue weighted by molar-refractivity contribution is 7.13. The lowest BCUT2D eigenvalue weighted by Gasteiger charge is -2.38. The van der Waals surface area contributed by atoms with Crippen molar-refractivity contribution in [2.45, 2.75) is 25.0 Å². The predicted molar refractivity (Wildman–Crippen MR) is 96.7 cm³/mol. The summed E-state index contributed by atoms with van der Waals surface area (Å²) < 4.78 is 13.1. The summed E-state index contributed by atoms with van der Waals surface area (Å²) in [5, 5.41) is 20.3. The second kappa shape index (κ2) is 6.71. The highest BCUT2D eigenvalue weighted by Crippen LogP contribution is 2.34. The molecule has 4 rings (SSSR count). The quantitative estimate of drug-likeness (QED) is 0.747. The maximum Gasteiger partial charge on any atom is 0.123 e. The first kappa shape index (κ1) is 16.4. The highest BCUT2D eigenvalue weighted by Gasteiger charge is 2.34. The zero-order chi connectivity index (χ0) is 17.3. The first-order valence-electron chi connectivity index (χ1n) is 8.41. The second-order valence-corrected chi connectivity index (χ2v) is 7.51. The van der Waals surface area contributed by atoms with Crippen molar-refractivity contribution < 1.29 is 9.50 Å². The molecule has 0 amide bonds. The van der Waals surface area contributed by atoms with E-state index in [1.807, 2.05) is 12.3 Å². The molecule has 3 heterocycles. The van der Waals surface area contributed by atoms with Crippen molar-refractivity contribution in [3.8, 4) is 10.6 Å². The van der Waals surface area contributed by atoms with E-state index < -0.39 is 5.60 Å². The van der Waals surface area contributed by atoms with Crippen molar-refractivity contribution >= 4 is 11.3 Å². The molecule has 0 bridgehead atoms. The number of aromatic nitrogens is 2. The topological polar surface area (TPSA) is 52.1 Å². The molecule has 0 unspecified atom stereocenters. The lowest BCUT2D eigenvalue weighted by Crippen LogP contribution is -2.42. The number of aromatic amines is 1. The van der Waals surface area contributed by atoms with Crippen LogP contribution >= 0.6 is 11.3 Å². The van der Waals surface area contributed by atoms with Gasteiger partial charge < -0.3 is 5.11 Å². The molecular weight excluding hydrogens is 337 g/mol. The first-order chi connectivity index (χ1) is 12.1. The average Bonchev–Trinajstić information content (AvgIpc) is 3.29. The molecule has 6 heteroatoms. The number of likely N-dealkylation sites (tertiary alicyclic amines) is 1. The Balaban J connectivity index is 1.43. The fraction of sp³-hybridized carbons (Fsp3) is 0.316. The number of rotatable bonds is 4. The minimum atomic E-state index is -0.864.